The number of halogens is 2. The van der Waals surface area contributed by atoms with Gasteiger partial charge in [-0.1, -0.05) is 23.2 Å². The Bertz CT molecular complexity index is 466. The van der Waals surface area contributed by atoms with Crippen LogP contribution in [0.2, 0.25) is 10.0 Å². The minimum atomic E-state index is 0.665. The fraction of sp³-hybridized carbons (Fsp3) is 0.154. The molecular formula is C13H12Cl2N2. The van der Waals surface area contributed by atoms with Gasteiger partial charge in [0.05, 0.1) is 0 Å². The van der Waals surface area contributed by atoms with Crippen LogP contribution in [0, 0.1) is 0 Å². The molecule has 4 heteroatoms. The first kappa shape index (κ1) is 12.4. The number of nitrogens with one attached hydrogen (secondary N) is 1. The summed E-state index contributed by atoms with van der Waals surface area (Å²) in [5, 5.41) is 4.66. The monoisotopic (exact) mass is 266 g/mol. The zero-order valence-corrected chi connectivity index (χ0v) is 10.7. The fourth-order valence-corrected chi connectivity index (χ4v) is 2.14. The van der Waals surface area contributed by atoms with Gasteiger partial charge in [-0.15, -0.1) is 0 Å². The summed E-state index contributed by atoms with van der Waals surface area (Å²) in [6.45, 7) is 1.54. The molecule has 1 aromatic heterocycles. The van der Waals surface area contributed by atoms with Crippen molar-refractivity contribution < 1.29 is 0 Å². The van der Waals surface area contributed by atoms with Gasteiger partial charge in [0.15, 0.2) is 0 Å². The number of rotatable bonds is 4. The molecule has 0 saturated heterocycles. The Labute approximate surface area is 111 Å². The number of benzene rings is 1. The van der Waals surface area contributed by atoms with Gasteiger partial charge in [-0.05, 0) is 41.5 Å². The summed E-state index contributed by atoms with van der Waals surface area (Å²) in [7, 11) is 0. The van der Waals surface area contributed by atoms with Crippen molar-refractivity contribution in [3.8, 4) is 0 Å². The number of aromatic nitrogens is 1. The topological polar surface area (TPSA) is 24.9 Å². The number of hydrogen-bond acceptors (Lipinski definition) is 2. The van der Waals surface area contributed by atoms with E-state index in [1.54, 1.807) is 18.5 Å². The van der Waals surface area contributed by atoms with E-state index in [4.69, 9.17) is 23.2 Å². The second-order valence-electron chi connectivity index (χ2n) is 3.74. The molecule has 1 heterocycles. The lowest BCUT2D eigenvalue weighted by atomic mass is 10.2. The smallest absolute Gasteiger partial charge is 0.0424 e. The van der Waals surface area contributed by atoms with E-state index < -0.39 is 0 Å². The lowest BCUT2D eigenvalue weighted by molar-refractivity contribution is 0.693. The summed E-state index contributed by atoms with van der Waals surface area (Å²) < 4.78 is 0. The summed E-state index contributed by atoms with van der Waals surface area (Å²) in [5.41, 5.74) is 2.28. The molecule has 0 atom stereocenters. The number of hydrogen-bond donors (Lipinski definition) is 1. The van der Waals surface area contributed by atoms with E-state index >= 15 is 0 Å². The average molecular weight is 267 g/mol. The average Bonchev–Trinajstić information content (AvgIpc) is 2.29. The molecule has 0 spiro atoms. The summed E-state index contributed by atoms with van der Waals surface area (Å²) in [4.78, 5) is 3.97. The third-order valence-corrected chi connectivity index (χ3v) is 2.77. The molecular weight excluding hydrogens is 255 g/mol. The van der Waals surface area contributed by atoms with Crippen LogP contribution in [0.15, 0.2) is 42.7 Å². The Balaban J connectivity index is 1.90. The van der Waals surface area contributed by atoms with E-state index in [9.17, 15) is 0 Å². The normalized spacial score (nSPS) is 10.5. The van der Waals surface area contributed by atoms with E-state index in [1.165, 1.54) is 5.56 Å². The van der Waals surface area contributed by atoms with Gasteiger partial charge in [0, 0.05) is 35.5 Å². The number of nitrogens with zero attached hydrogens (tertiary/aromatic N) is 1. The van der Waals surface area contributed by atoms with Crippen LogP contribution in [0.25, 0.3) is 0 Å². The lowest BCUT2D eigenvalue weighted by Gasteiger charge is -2.06. The van der Waals surface area contributed by atoms with Crippen LogP contribution < -0.4 is 5.32 Å². The summed E-state index contributed by atoms with van der Waals surface area (Å²) in [5.74, 6) is 0. The molecule has 0 saturated carbocycles. The molecule has 0 radical (unpaired) electrons. The highest BCUT2D eigenvalue weighted by atomic mass is 35.5. The van der Waals surface area contributed by atoms with Crippen LogP contribution in [0.4, 0.5) is 0 Å². The van der Waals surface area contributed by atoms with Crippen LogP contribution in [0.3, 0.4) is 0 Å². The Hall–Kier alpha value is -1.09. The van der Waals surface area contributed by atoms with Crippen LogP contribution in [-0.4, -0.2) is 4.98 Å². The van der Waals surface area contributed by atoms with Crippen molar-refractivity contribution in [1.29, 1.82) is 0 Å². The Morgan fingerprint density at radius 2 is 1.47 bits per heavy atom. The Morgan fingerprint density at radius 1 is 0.882 bits per heavy atom. The molecule has 1 aromatic carbocycles. The van der Waals surface area contributed by atoms with Gasteiger partial charge in [0.1, 0.15) is 0 Å². The van der Waals surface area contributed by atoms with E-state index in [1.807, 2.05) is 24.3 Å². The van der Waals surface area contributed by atoms with Gasteiger partial charge in [0.25, 0.3) is 0 Å². The van der Waals surface area contributed by atoms with Gasteiger partial charge in [-0.25, -0.2) is 0 Å². The van der Waals surface area contributed by atoms with Crippen molar-refractivity contribution in [2.45, 2.75) is 13.1 Å². The van der Waals surface area contributed by atoms with Crippen molar-refractivity contribution in [3.63, 3.8) is 0 Å². The fourth-order valence-electron chi connectivity index (χ4n) is 1.56. The molecule has 0 bridgehead atoms. The quantitative estimate of drug-likeness (QED) is 0.914. The molecule has 1 N–H and O–H groups in total. The third kappa shape index (κ3) is 4.00. The summed E-state index contributed by atoms with van der Waals surface area (Å²) >= 11 is 11.9. The van der Waals surface area contributed by atoms with Crippen molar-refractivity contribution in [2.24, 2.45) is 0 Å². The Morgan fingerprint density at radius 3 is 2.12 bits per heavy atom. The molecule has 0 fully saturated rings. The van der Waals surface area contributed by atoms with Crippen molar-refractivity contribution >= 4 is 23.2 Å². The minimum absolute atomic E-state index is 0.665. The molecule has 2 rings (SSSR count). The van der Waals surface area contributed by atoms with Crippen LogP contribution >= 0.6 is 23.2 Å². The lowest BCUT2D eigenvalue weighted by Crippen LogP contribution is -2.12. The molecule has 0 unspecified atom stereocenters. The van der Waals surface area contributed by atoms with E-state index in [0.717, 1.165) is 18.7 Å². The standard InChI is InChI=1S/C13H12Cl2N2/c14-12-5-11(6-13(15)7-12)9-17-8-10-1-3-16-4-2-10/h1-7,17H,8-9H2. The van der Waals surface area contributed by atoms with E-state index in [2.05, 4.69) is 10.3 Å². The predicted molar refractivity (Wildman–Crippen MR) is 71.2 cm³/mol. The maximum absolute atomic E-state index is 5.93. The maximum Gasteiger partial charge on any atom is 0.0424 e. The molecule has 0 aliphatic heterocycles. The molecule has 2 nitrogen and oxygen atoms in total. The highest BCUT2D eigenvalue weighted by Gasteiger charge is 1.98. The first-order valence-electron chi connectivity index (χ1n) is 5.28. The van der Waals surface area contributed by atoms with E-state index in [-0.39, 0.29) is 0 Å². The summed E-state index contributed by atoms with van der Waals surface area (Å²) in [6.07, 6.45) is 3.57. The van der Waals surface area contributed by atoms with Gasteiger partial charge < -0.3 is 5.32 Å². The van der Waals surface area contributed by atoms with Crippen molar-refractivity contribution in [1.82, 2.24) is 10.3 Å². The largest absolute Gasteiger partial charge is 0.309 e. The van der Waals surface area contributed by atoms with Crippen LogP contribution in [0.1, 0.15) is 11.1 Å². The van der Waals surface area contributed by atoms with Gasteiger partial charge >= 0.3 is 0 Å². The Kier molecular flexibility index (Phi) is 4.37. The van der Waals surface area contributed by atoms with Gasteiger partial charge in [0.2, 0.25) is 0 Å². The van der Waals surface area contributed by atoms with Crippen molar-refractivity contribution in [2.75, 3.05) is 0 Å². The predicted octanol–water partition coefficient (Wildman–Crippen LogP) is 3.68. The SMILES string of the molecule is Clc1cc(Cl)cc(CNCc2ccncc2)c1. The van der Waals surface area contributed by atoms with Crippen LogP contribution in [0.5, 0.6) is 0 Å². The molecule has 88 valence electrons. The first-order valence-corrected chi connectivity index (χ1v) is 6.04. The zero-order valence-electron chi connectivity index (χ0n) is 9.16. The maximum atomic E-state index is 5.93. The highest BCUT2D eigenvalue weighted by molar-refractivity contribution is 6.34. The molecule has 0 aliphatic rings. The molecule has 0 amide bonds. The molecule has 2 aromatic rings. The minimum Gasteiger partial charge on any atom is -0.309 e. The van der Waals surface area contributed by atoms with Crippen LogP contribution in [-0.2, 0) is 13.1 Å². The number of pyridine rings is 1. The third-order valence-electron chi connectivity index (χ3n) is 2.33. The highest BCUT2D eigenvalue weighted by Crippen LogP contribution is 2.18. The second-order valence-corrected chi connectivity index (χ2v) is 4.61. The van der Waals surface area contributed by atoms with Gasteiger partial charge in [-0.3, -0.25) is 4.98 Å². The summed E-state index contributed by atoms with van der Waals surface area (Å²) in [6, 6.07) is 9.52. The van der Waals surface area contributed by atoms with E-state index in [0.29, 0.717) is 10.0 Å². The molecule has 0 aliphatic carbocycles. The zero-order chi connectivity index (χ0) is 12.1. The first-order chi connectivity index (χ1) is 8.24. The van der Waals surface area contributed by atoms with Gasteiger partial charge in [-0.2, -0.15) is 0 Å². The van der Waals surface area contributed by atoms with Crippen molar-refractivity contribution in [3.05, 3.63) is 63.9 Å². The second kappa shape index (κ2) is 6.01. The molecule has 17 heavy (non-hydrogen) atoms.